The van der Waals surface area contributed by atoms with Gasteiger partial charge in [0.05, 0.1) is 17.7 Å². The van der Waals surface area contributed by atoms with E-state index in [0.29, 0.717) is 49.2 Å². The molecule has 11 heteroatoms. The van der Waals surface area contributed by atoms with Crippen LogP contribution in [0.5, 0.6) is 5.75 Å². The number of carbonyl (C=O) groups is 1. The number of sulfonamides is 1. The van der Waals surface area contributed by atoms with Crippen LogP contribution in [-0.2, 0) is 16.6 Å². The third kappa shape index (κ3) is 5.07. The number of aryl methyl sites for hydroxylation is 2. The minimum absolute atomic E-state index is 0.0132. The van der Waals surface area contributed by atoms with Crippen molar-refractivity contribution in [2.75, 3.05) is 43.5 Å². The van der Waals surface area contributed by atoms with Crippen molar-refractivity contribution in [3.63, 3.8) is 0 Å². The van der Waals surface area contributed by atoms with E-state index in [0.717, 1.165) is 5.69 Å². The predicted octanol–water partition coefficient (Wildman–Crippen LogP) is 3.95. The van der Waals surface area contributed by atoms with Gasteiger partial charge in [-0.05, 0) is 56.2 Å². The van der Waals surface area contributed by atoms with Crippen LogP contribution in [0.2, 0.25) is 5.02 Å². The van der Waals surface area contributed by atoms with Crippen molar-refractivity contribution in [2.45, 2.75) is 32.3 Å². The monoisotopic (exact) mass is 531 g/mol. The molecule has 36 heavy (non-hydrogen) atoms. The Bertz CT molecular complexity index is 1380. The molecule has 0 atom stereocenters. The molecule has 1 fully saturated rings. The zero-order valence-electron chi connectivity index (χ0n) is 20.8. The number of benzene rings is 2. The Hall–Kier alpha value is -3.08. The number of rotatable bonds is 7. The average Bonchev–Trinajstić information content (AvgIpc) is 3.32. The van der Waals surface area contributed by atoms with Crippen LogP contribution in [0.25, 0.3) is 0 Å². The maximum absolute atomic E-state index is 13.6. The van der Waals surface area contributed by atoms with Crippen LogP contribution in [0.4, 0.5) is 11.4 Å². The van der Waals surface area contributed by atoms with Crippen LogP contribution in [0.1, 0.15) is 28.4 Å². The topological polar surface area (TPSA) is 96.8 Å². The predicted molar refractivity (Wildman–Crippen MR) is 141 cm³/mol. The number of methoxy groups -OCH3 is 1. The van der Waals surface area contributed by atoms with Gasteiger partial charge in [-0.2, -0.15) is 9.40 Å². The van der Waals surface area contributed by atoms with E-state index >= 15 is 0 Å². The zero-order valence-corrected chi connectivity index (χ0v) is 22.4. The summed E-state index contributed by atoms with van der Waals surface area (Å²) < 4.78 is 35.2. The molecule has 0 spiro atoms. The summed E-state index contributed by atoms with van der Waals surface area (Å²) in [5, 5.41) is 7.05. The van der Waals surface area contributed by atoms with Crippen molar-refractivity contribution in [2.24, 2.45) is 0 Å². The van der Waals surface area contributed by atoms with Gasteiger partial charge in [-0.1, -0.05) is 23.7 Å². The van der Waals surface area contributed by atoms with Crippen molar-refractivity contribution in [1.29, 1.82) is 0 Å². The molecular formula is C25H30ClN5O4S. The lowest BCUT2D eigenvalue weighted by atomic mass is 10.1. The fraction of sp³-hybridized carbons (Fsp3) is 0.360. The number of piperazine rings is 1. The lowest BCUT2D eigenvalue weighted by Gasteiger charge is -2.36. The SMILES string of the molecule is CCn1cc(C(=O)Nc2ccc(OC)c(Cl)c2)c(S(=O)(=O)N2CCN(c3cccc(C)c3C)CC2)n1. The second-order valence-electron chi connectivity index (χ2n) is 8.62. The van der Waals surface area contributed by atoms with E-state index in [1.165, 1.54) is 33.4 Å². The smallest absolute Gasteiger partial charge is 0.263 e. The van der Waals surface area contributed by atoms with Crippen molar-refractivity contribution < 1.29 is 17.9 Å². The molecule has 4 rings (SSSR count). The molecule has 1 aromatic heterocycles. The van der Waals surface area contributed by atoms with Crippen LogP contribution in [0.15, 0.2) is 47.6 Å². The number of nitrogens with one attached hydrogen (secondary N) is 1. The van der Waals surface area contributed by atoms with Gasteiger partial charge < -0.3 is 15.0 Å². The summed E-state index contributed by atoms with van der Waals surface area (Å²) >= 11 is 6.17. The highest BCUT2D eigenvalue weighted by Gasteiger charge is 2.35. The van der Waals surface area contributed by atoms with E-state index in [2.05, 4.69) is 41.3 Å². The first kappa shape index (κ1) is 26.0. The van der Waals surface area contributed by atoms with Crippen LogP contribution >= 0.6 is 11.6 Å². The Morgan fingerprint density at radius 1 is 1.14 bits per heavy atom. The van der Waals surface area contributed by atoms with Gasteiger partial charge in [-0.25, -0.2) is 8.42 Å². The molecule has 1 amide bonds. The molecule has 9 nitrogen and oxygen atoms in total. The van der Waals surface area contributed by atoms with Crippen LogP contribution < -0.4 is 15.0 Å². The maximum atomic E-state index is 13.6. The number of anilines is 2. The van der Waals surface area contributed by atoms with E-state index in [1.54, 1.807) is 18.2 Å². The lowest BCUT2D eigenvalue weighted by molar-refractivity contribution is 0.102. The Kier molecular flexibility index (Phi) is 7.58. The molecule has 3 aromatic rings. The van der Waals surface area contributed by atoms with E-state index < -0.39 is 15.9 Å². The molecule has 1 saturated heterocycles. The highest BCUT2D eigenvalue weighted by molar-refractivity contribution is 7.89. The van der Waals surface area contributed by atoms with Crippen LogP contribution in [-0.4, -0.2) is 61.7 Å². The molecule has 0 radical (unpaired) electrons. The molecule has 0 saturated carbocycles. The molecule has 0 unspecified atom stereocenters. The van der Waals surface area contributed by atoms with Gasteiger partial charge in [0.2, 0.25) is 5.03 Å². The van der Waals surface area contributed by atoms with Gasteiger partial charge in [0.1, 0.15) is 5.75 Å². The Balaban J connectivity index is 1.55. The molecule has 1 aliphatic heterocycles. The molecule has 0 bridgehead atoms. The third-order valence-electron chi connectivity index (χ3n) is 6.45. The summed E-state index contributed by atoms with van der Waals surface area (Å²) in [5.74, 6) is -0.111. The Morgan fingerprint density at radius 2 is 1.86 bits per heavy atom. The second kappa shape index (κ2) is 10.5. The first-order valence-corrected chi connectivity index (χ1v) is 13.5. The fourth-order valence-corrected chi connectivity index (χ4v) is 6.00. The minimum Gasteiger partial charge on any atom is -0.495 e. The first-order chi connectivity index (χ1) is 17.1. The molecule has 192 valence electrons. The van der Waals surface area contributed by atoms with Gasteiger partial charge in [-0.3, -0.25) is 9.48 Å². The molecule has 1 aliphatic rings. The summed E-state index contributed by atoms with van der Waals surface area (Å²) in [6.45, 7) is 8.07. The van der Waals surface area contributed by atoms with E-state index in [9.17, 15) is 13.2 Å². The number of hydrogen-bond donors (Lipinski definition) is 1. The molecule has 1 N–H and O–H groups in total. The van der Waals surface area contributed by atoms with Crippen molar-refractivity contribution in [1.82, 2.24) is 14.1 Å². The standard InChI is InChI=1S/C25H30ClN5O4S/c1-5-30-16-20(24(32)27-19-9-10-23(35-4)21(26)15-19)25(28-30)36(33,34)31-13-11-29(12-14-31)22-8-6-7-17(2)18(22)3/h6-10,15-16H,5,11-14H2,1-4H3,(H,27,32). The van der Waals surface area contributed by atoms with Gasteiger partial charge >= 0.3 is 0 Å². The molecule has 0 aliphatic carbocycles. The largest absolute Gasteiger partial charge is 0.495 e. The van der Waals surface area contributed by atoms with Crippen LogP contribution in [0, 0.1) is 13.8 Å². The van der Waals surface area contributed by atoms with Gasteiger partial charge in [0, 0.05) is 50.3 Å². The number of carbonyl (C=O) groups excluding carboxylic acids is 1. The quantitative estimate of drug-likeness (QED) is 0.496. The summed E-state index contributed by atoms with van der Waals surface area (Å²) in [6, 6.07) is 10.9. The second-order valence-corrected chi connectivity index (χ2v) is 10.9. The van der Waals surface area contributed by atoms with E-state index in [1.807, 2.05) is 13.0 Å². The van der Waals surface area contributed by atoms with Crippen LogP contribution in [0.3, 0.4) is 0 Å². The maximum Gasteiger partial charge on any atom is 0.263 e. The third-order valence-corrected chi connectivity index (χ3v) is 8.58. The van der Waals surface area contributed by atoms with Crippen molar-refractivity contribution >= 4 is 38.9 Å². The number of hydrogen-bond acceptors (Lipinski definition) is 6. The van der Waals surface area contributed by atoms with E-state index in [4.69, 9.17) is 16.3 Å². The normalized spacial score (nSPS) is 14.6. The average molecular weight is 532 g/mol. The summed E-state index contributed by atoms with van der Waals surface area (Å²) in [6.07, 6.45) is 1.46. The summed E-state index contributed by atoms with van der Waals surface area (Å²) in [4.78, 5) is 15.3. The molecule has 2 heterocycles. The first-order valence-electron chi connectivity index (χ1n) is 11.7. The highest BCUT2D eigenvalue weighted by atomic mass is 35.5. The highest BCUT2D eigenvalue weighted by Crippen LogP contribution is 2.29. The van der Waals surface area contributed by atoms with Gasteiger partial charge in [0.15, 0.2) is 0 Å². The van der Waals surface area contributed by atoms with Gasteiger partial charge in [0.25, 0.3) is 15.9 Å². The van der Waals surface area contributed by atoms with E-state index in [-0.39, 0.29) is 10.6 Å². The molecule has 2 aromatic carbocycles. The summed E-state index contributed by atoms with van der Waals surface area (Å²) in [7, 11) is -2.50. The Morgan fingerprint density at radius 3 is 2.50 bits per heavy atom. The number of aromatic nitrogens is 2. The molecular weight excluding hydrogens is 502 g/mol. The number of ether oxygens (including phenoxy) is 1. The lowest BCUT2D eigenvalue weighted by Crippen LogP contribution is -2.49. The fourth-order valence-electron chi connectivity index (χ4n) is 4.22. The van der Waals surface area contributed by atoms with Crippen molar-refractivity contribution in [3.05, 3.63) is 64.3 Å². The van der Waals surface area contributed by atoms with Crippen molar-refractivity contribution in [3.8, 4) is 5.75 Å². The Labute approximate surface area is 216 Å². The minimum atomic E-state index is -3.99. The summed E-state index contributed by atoms with van der Waals surface area (Å²) in [5.41, 5.74) is 3.90. The number of amides is 1. The number of nitrogens with zero attached hydrogens (tertiary/aromatic N) is 4. The zero-order chi connectivity index (χ0) is 26.0. The van der Waals surface area contributed by atoms with Gasteiger partial charge in [-0.15, -0.1) is 0 Å². The number of halogens is 1.